The van der Waals surface area contributed by atoms with E-state index in [1.165, 1.54) is 12.3 Å². The van der Waals surface area contributed by atoms with E-state index in [4.69, 9.17) is 20.9 Å². The molecule has 0 spiro atoms. The molecule has 2 aliphatic rings. The van der Waals surface area contributed by atoms with E-state index in [0.29, 0.717) is 10.7 Å². The summed E-state index contributed by atoms with van der Waals surface area (Å²) in [6.07, 6.45) is 2.32. The first kappa shape index (κ1) is 14.3. The lowest BCUT2D eigenvalue weighted by atomic mass is 9.80. The summed E-state index contributed by atoms with van der Waals surface area (Å²) >= 11 is 5.73. The number of nitrogens with zero attached hydrogens (tertiary/aromatic N) is 1. The lowest BCUT2D eigenvalue weighted by Gasteiger charge is -2.32. The van der Waals surface area contributed by atoms with Gasteiger partial charge in [0.1, 0.15) is 5.82 Å². The molecule has 3 rings (SSSR count). The van der Waals surface area contributed by atoms with Gasteiger partial charge in [-0.1, -0.05) is 11.6 Å². The van der Waals surface area contributed by atoms with Gasteiger partial charge in [-0.25, -0.2) is 4.39 Å². The first-order valence-electron chi connectivity index (χ1n) is 6.88. The van der Waals surface area contributed by atoms with E-state index in [2.05, 4.69) is 4.98 Å². The fourth-order valence-electron chi connectivity index (χ4n) is 2.59. The highest BCUT2D eigenvalue weighted by molar-refractivity contribution is 6.49. The number of hydrogen-bond donors (Lipinski definition) is 0. The number of pyridine rings is 1. The highest BCUT2D eigenvalue weighted by atomic mass is 35.5. The van der Waals surface area contributed by atoms with E-state index in [1.54, 1.807) is 0 Å². The average molecular weight is 298 g/mol. The number of halogens is 2. The molecule has 0 amide bonds. The van der Waals surface area contributed by atoms with Crippen molar-refractivity contribution < 1.29 is 13.7 Å². The van der Waals surface area contributed by atoms with E-state index in [9.17, 15) is 4.39 Å². The van der Waals surface area contributed by atoms with Crippen molar-refractivity contribution in [1.29, 1.82) is 0 Å². The largest absolute Gasteiger partial charge is 0.461 e. The maximum absolute atomic E-state index is 13.9. The molecule has 0 N–H and O–H groups in total. The molecule has 2 atom stereocenters. The van der Waals surface area contributed by atoms with Crippen molar-refractivity contribution in [3.63, 3.8) is 0 Å². The molecule has 0 aromatic carbocycles. The predicted molar refractivity (Wildman–Crippen MR) is 76.4 cm³/mol. The molecule has 1 aliphatic carbocycles. The smallest absolute Gasteiger partial charge is 0.403 e. The molecule has 0 unspecified atom stereocenters. The Labute approximate surface area is 124 Å². The molecule has 1 saturated carbocycles. The summed E-state index contributed by atoms with van der Waals surface area (Å²) < 4.78 is 25.9. The van der Waals surface area contributed by atoms with E-state index in [-0.39, 0.29) is 35.9 Å². The Bertz CT molecular complexity index is 536. The van der Waals surface area contributed by atoms with Gasteiger partial charge in [-0.3, -0.25) is 4.98 Å². The summed E-state index contributed by atoms with van der Waals surface area (Å²) in [7, 11) is -0.290. The fraction of sp³-hybridized carbons (Fsp3) is 0.643. The van der Waals surface area contributed by atoms with Crippen LogP contribution in [0.3, 0.4) is 0 Å². The minimum Gasteiger partial charge on any atom is -0.403 e. The van der Waals surface area contributed by atoms with Crippen molar-refractivity contribution in [3.8, 4) is 0 Å². The zero-order chi connectivity index (χ0) is 14.7. The molecule has 6 heteroatoms. The van der Waals surface area contributed by atoms with Gasteiger partial charge in [0, 0.05) is 17.9 Å². The van der Waals surface area contributed by atoms with Crippen LogP contribution in [0.5, 0.6) is 0 Å². The molecule has 1 aliphatic heterocycles. The first-order valence-corrected chi connectivity index (χ1v) is 7.26. The van der Waals surface area contributed by atoms with Gasteiger partial charge in [0.25, 0.3) is 0 Å². The van der Waals surface area contributed by atoms with Crippen molar-refractivity contribution >= 4 is 18.7 Å². The third kappa shape index (κ3) is 2.26. The van der Waals surface area contributed by atoms with Crippen LogP contribution in [0.1, 0.15) is 45.7 Å². The molecular weight excluding hydrogens is 279 g/mol. The number of rotatable bonds is 2. The summed E-state index contributed by atoms with van der Waals surface area (Å²) in [6.45, 7) is 8.08. The Hall–Kier alpha value is -0.645. The maximum Gasteiger partial charge on any atom is 0.461 e. The molecule has 108 valence electrons. The molecule has 2 fully saturated rings. The molecule has 3 nitrogen and oxygen atoms in total. The SMILES string of the molecule is CC1(C)OB([C@H]2C[C@@H]2c2ncc(Cl)cc2F)OC1(C)C. The second kappa shape index (κ2) is 4.42. The minimum atomic E-state index is -0.350. The van der Waals surface area contributed by atoms with Gasteiger partial charge in [-0.15, -0.1) is 0 Å². The number of aromatic nitrogens is 1. The Morgan fingerprint density at radius 2 is 1.90 bits per heavy atom. The van der Waals surface area contributed by atoms with Crippen LogP contribution >= 0.6 is 11.6 Å². The zero-order valence-corrected chi connectivity index (χ0v) is 12.9. The van der Waals surface area contributed by atoms with Gasteiger partial charge in [0.15, 0.2) is 0 Å². The van der Waals surface area contributed by atoms with Gasteiger partial charge in [-0.05, 0) is 40.2 Å². The van der Waals surface area contributed by atoms with Crippen LogP contribution in [0, 0.1) is 5.82 Å². The van der Waals surface area contributed by atoms with Crippen LogP contribution in [0.4, 0.5) is 4.39 Å². The fourth-order valence-corrected chi connectivity index (χ4v) is 2.74. The van der Waals surface area contributed by atoms with Crippen LogP contribution in [0.25, 0.3) is 0 Å². The second-order valence-electron chi connectivity index (χ2n) is 6.65. The predicted octanol–water partition coefficient (Wildman–Crippen LogP) is 3.82. The highest BCUT2D eigenvalue weighted by Crippen LogP contribution is 2.58. The van der Waals surface area contributed by atoms with Gasteiger partial charge < -0.3 is 9.31 Å². The lowest BCUT2D eigenvalue weighted by Crippen LogP contribution is -2.41. The third-order valence-electron chi connectivity index (χ3n) is 4.65. The molecule has 0 bridgehead atoms. The van der Waals surface area contributed by atoms with Crippen LogP contribution in [0.15, 0.2) is 12.3 Å². The summed E-state index contributed by atoms with van der Waals surface area (Å²) in [6, 6.07) is 1.31. The topological polar surface area (TPSA) is 31.4 Å². The maximum atomic E-state index is 13.9. The van der Waals surface area contributed by atoms with Crippen molar-refractivity contribution in [1.82, 2.24) is 4.98 Å². The molecule has 2 heterocycles. The van der Waals surface area contributed by atoms with Gasteiger partial charge in [0.05, 0.1) is 21.9 Å². The molecule has 1 aromatic rings. The van der Waals surface area contributed by atoms with Crippen LogP contribution in [0.2, 0.25) is 10.8 Å². The summed E-state index contributed by atoms with van der Waals surface area (Å²) in [5.41, 5.74) is -0.234. The molecule has 20 heavy (non-hydrogen) atoms. The molecular formula is C14H18BClFNO2. The molecule has 1 aromatic heterocycles. The van der Waals surface area contributed by atoms with E-state index in [1.807, 2.05) is 27.7 Å². The average Bonchev–Trinajstić information content (AvgIpc) is 3.02. The Balaban J connectivity index is 1.74. The van der Waals surface area contributed by atoms with Crippen LogP contribution < -0.4 is 0 Å². The third-order valence-corrected chi connectivity index (χ3v) is 4.86. The van der Waals surface area contributed by atoms with Gasteiger partial charge >= 0.3 is 7.12 Å². The first-order chi connectivity index (χ1) is 9.21. The second-order valence-corrected chi connectivity index (χ2v) is 7.09. The van der Waals surface area contributed by atoms with E-state index >= 15 is 0 Å². The summed E-state index contributed by atoms with van der Waals surface area (Å²) in [5.74, 6) is -0.122. The normalized spacial score (nSPS) is 30.6. The summed E-state index contributed by atoms with van der Waals surface area (Å²) in [4.78, 5) is 4.12. The van der Waals surface area contributed by atoms with Crippen molar-refractivity contribution in [2.24, 2.45) is 0 Å². The highest BCUT2D eigenvalue weighted by Gasteiger charge is 2.60. The van der Waals surface area contributed by atoms with Crippen molar-refractivity contribution in [3.05, 3.63) is 28.8 Å². The standard InChI is InChI=1S/C14H18BClFNO2/c1-13(2)14(3,4)20-15(19-13)10-6-9(10)12-11(17)5-8(16)7-18-12/h5,7,9-10H,6H2,1-4H3/t9-,10-/m0/s1. The van der Waals surface area contributed by atoms with Crippen molar-refractivity contribution in [2.45, 2.75) is 57.1 Å². The van der Waals surface area contributed by atoms with E-state index < -0.39 is 0 Å². The Kier molecular flexibility index (Phi) is 3.16. The van der Waals surface area contributed by atoms with Crippen LogP contribution in [-0.4, -0.2) is 23.3 Å². The minimum absolute atomic E-state index is 0.0574. The quantitative estimate of drug-likeness (QED) is 0.778. The molecule has 0 radical (unpaired) electrons. The Morgan fingerprint density at radius 1 is 1.30 bits per heavy atom. The Morgan fingerprint density at radius 3 is 2.45 bits per heavy atom. The van der Waals surface area contributed by atoms with Crippen molar-refractivity contribution in [2.75, 3.05) is 0 Å². The monoisotopic (exact) mass is 297 g/mol. The summed E-state index contributed by atoms with van der Waals surface area (Å²) in [5, 5.41) is 0.319. The van der Waals surface area contributed by atoms with E-state index in [0.717, 1.165) is 6.42 Å². The van der Waals surface area contributed by atoms with Crippen LogP contribution in [-0.2, 0) is 9.31 Å². The van der Waals surface area contributed by atoms with Gasteiger partial charge in [0.2, 0.25) is 0 Å². The lowest BCUT2D eigenvalue weighted by molar-refractivity contribution is 0.00578. The van der Waals surface area contributed by atoms with Gasteiger partial charge in [-0.2, -0.15) is 0 Å². The zero-order valence-electron chi connectivity index (χ0n) is 12.1. The molecule has 1 saturated heterocycles. The number of hydrogen-bond acceptors (Lipinski definition) is 3.